The molecule has 0 fully saturated rings. The average Bonchev–Trinajstić information content (AvgIpc) is 2.45. The molecule has 122 valence electrons. The number of carbonyl (C=O) groups excluding carboxylic acids is 1. The maximum absolute atomic E-state index is 12.5. The highest BCUT2D eigenvalue weighted by molar-refractivity contribution is 5.97. The van der Waals surface area contributed by atoms with Gasteiger partial charge in [-0.25, -0.2) is 0 Å². The molecular formula is C16H23NO5. The van der Waals surface area contributed by atoms with Crippen LogP contribution < -0.4 is 14.8 Å². The van der Waals surface area contributed by atoms with E-state index < -0.39 is 11.5 Å². The highest BCUT2D eigenvalue weighted by Gasteiger charge is 2.33. The number of carboxylic acid groups (broad SMARTS) is 1. The van der Waals surface area contributed by atoms with Gasteiger partial charge in [0.25, 0.3) is 5.91 Å². The lowest BCUT2D eigenvalue weighted by molar-refractivity contribution is -0.138. The number of methoxy groups -OCH3 is 2. The van der Waals surface area contributed by atoms with Crippen LogP contribution in [-0.2, 0) is 4.79 Å². The zero-order valence-electron chi connectivity index (χ0n) is 13.6. The van der Waals surface area contributed by atoms with Crippen LogP contribution in [0.5, 0.6) is 11.5 Å². The summed E-state index contributed by atoms with van der Waals surface area (Å²) in [7, 11) is 2.99. The Morgan fingerprint density at radius 2 is 1.91 bits per heavy atom. The molecule has 6 heteroatoms. The Labute approximate surface area is 130 Å². The van der Waals surface area contributed by atoms with Crippen LogP contribution in [0.1, 0.15) is 37.6 Å². The second kappa shape index (κ2) is 7.15. The van der Waals surface area contributed by atoms with Crippen LogP contribution in [-0.4, -0.2) is 36.7 Å². The summed E-state index contributed by atoms with van der Waals surface area (Å²) in [5, 5.41) is 11.9. The monoisotopic (exact) mass is 309 g/mol. The molecule has 1 amide bonds. The van der Waals surface area contributed by atoms with Crippen molar-refractivity contribution in [3.63, 3.8) is 0 Å². The Morgan fingerprint density at radius 1 is 1.27 bits per heavy atom. The molecule has 0 aromatic heterocycles. The van der Waals surface area contributed by atoms with E-state index in [9.17, 15) is 9.59 Å². The molecule has 0 aliphatic carbocycles. The van der Waals surface area contributed by atoms with Crippen LogP contribution in [0.2, 0.25) is 0 Å². The summed E-state index contributed by atoms with van der Waals surface area (Å²) in [5.74, 6) is -0.434. The molecule has 0 saturated heterocycles. The van der Waals surface area contributed by atoms with Crippen LogP contribution >= 0.6 is 0 Å². The number of benzene rings is 1. The maximum Gasteiger partial charge on any atom is 0.305 e. The fourth-order valence-electron chi connectivity index (χ4n) is 2.02. The zero-order chi connectivity index (χ0) is 16.9. The lowest BCUT2D eigenvalue weighted by atomic mass is 9.85. The number of aliphatic carboxylic acids is 1. The number of hydrogen-bond donors (Lipinski definition) is 2. The minimum atomic E-state index is -0.960. The molecule has 1 aromatic carbocycles. The summed E-state index contributed by atoms with van der Waals surface area (Å²) in [6.07, 6.45) is -0.158. The smallest absolute Gasteiger partial charge is 0.305 e. The van der Waals surface area contributed by atoms with Crippen molar-refractivity contribution >= 4 is 11.9 Å². The van der Waals surface area contributed by atoms with Gasteiger partial charge in [-0.3, -0.25) is 9.59 Å². The number of carboxylic acids is 1. The standard InChI is InChI=1S/C16H23NO5/c1-10(2)16(3,9-14(18)19)17-15(20)12-7-6-11(21-4)8-13(12)22-5/h6-8,10H,9H2,1-5H3,(H,17,20)(H,18,19). The first kappa shape index (κ1) is 17.8. The molecule has 0 radical (unpaired) electrons. The van der Waals surface area contributed by atoms with E-state index in [-0.39, 0.29) is 18.2 Å². The summed E-state index contributed by atoms with van der Waals surface area (Å²) in [6, 6.07) is 4.86. The second-order valence-electron chi connectivity index (χ2n) is 5.66. The molecule has 1 atom stereocenters. The van der Waals surface area contributed by atoms with Gasteiger partial charge in [-0.05, 0) is 25.0 Å². The van der Waals surface area contributed by atoms with Crippen molar-refractivity contribution in [2.75, 3.05) is 14.2 Å². The highest BCUT2D eigenvalue weighted by Crippen LogP contribution is 2.27. The van der Waals surface area contributed by atoms with E-state index in [1.54, 1.807) is 25.1 Å². The van der Waals surface area contributed by atoms with Gasteiger partial charge in [0.15, 0.2) is 0 Å². The zero-order valence-corrected chi connectivity index (χ0v) is 13.6. The lowest BCUT2D eigenvalue weighted by Crippen LogP contribution is -2.51. The van der Waals surface area contributed by atoms with Gasteiger partial charge in [0.1, 0.15) is 11.5 Å². The SMILES string of the molecule is COc1ccc(C(=O)NC(C)(CC(=O)O)C(C)C)c(OC)c1. The van der Waals surface area contributed by atoms with Crippen LogP contribution in [0, 0.1) is 5.92 Å². The molecule has 1 rings (SSSR count). The maximum atomic E-state index is 12.5. The third kappa shape index (κ3) is 4.13. The first-order chi connectivity index (χ1) is 10.2. The third-order valence-electron chi connectivity index (χ3n) is 3.85. The van der Waals surface area contributed by atoms with E-state index >= 15 is 0 Å². The molecule has 0 aliphatic rings. The summed E-state index contributed by atoms with van der Waals surface area (Å²) < 4.78 is 10.3. The first-order valence-corrected chi connectivity index (χ1v) is 7.00. The molecule has 0 bridgehead atoms. The van der Waals surface area contributed by atoms with Gasteiger partial charge in [0.05, 0.1) is 31.7 Å². The van der Waals surface area contributed by atoms with E-state index in [0.29, 0.717) is 17.1 Å². The van der Waals surface area contributed by atoms with Gasteiger partial charge in [0, 0.05) is 6.07 Å². The normalized spacial score (nSPS) is 13.4. The van der Waals surface area contributed by atoms with Crippen molar-refractivity contribution < 1.29 is 24.2 Å². The van der Waals surface area contributed by atoms with Crippen LogP contribution in [0.25, 0.3) is 0 Å². The Balaban J connectivity index is 3.07. The minimum Gasteiger partial charge on any atom is -0.497 e. The van der Waals surface area contributed by atoms with E-state index in [0.717, 1.165) is 0 Å². The predicted octanol–water partition coefficient (Wildman–Crippen LogP) is 2.32. The molecule has 1 aromatic rings. The molecular weight excluding hydrogens is 286 g/mol. The fraction of sp³-hybridized carbons (Fsp3) is 0.500. The van der Waals surface area contributed by atoms with Crippen molar-refractivity contribution in [1.82, 2.24) is 5.32 Å². The molecule has 0 saturated carbocycles. The average molecular weight is 309 g/mol. The summed E-state index contributed by atoms with van der Waals surface area (Å²) in [5.41, 5.74) is -0.519. The van der Waals surface area contributed by atoms with Crippen molar-refractivity contribution in [2.45, 2.75) is 32.7 Å². The Bertz CT molecular complexity index is 555. The van der Waals surface area contributed by atoms with E-state index in [4.69, 9.17) is 14.6 Å². The Kier molecular flexibility index (Phi) is 5.79. The van der Waals surface area contributed by atoms with Crippen molar-refractivity contribution in [3.05, 3.63) is 23.8 Å². The molecule has 6 nitrogen and oxygen atoms in total. The van der Waals surface area contributed by atoms with Gasteiger partial charge in [-0.15, -0.1) is 0 Å². The van der Waals surface area contributed by atoms with Gasteiger partial charge >= 0.3 is 5.97 Å². The van der Waals surface area contributed by atoms with Crippen molar-refractivity contribution in [1.29, 1.82) is 0 Å². The Morgan fingerprint density at radius 3 is 2.36 bits per heavy atom. The largest absolute Gasteiger partial charge is 0.497 e. The van der Waals surface area contributed by atoms with Crippen molar-refractivity contribution in [3.8, 4) is 11.5 Å². The van der Waals surface area contributed by atoms with Crippen LogP contribution in [0.15, 0.2) is 18.2 Å². The summed E-state index contributed by atoms with van der Waals surface area (Å²) in [4.78, 5) is 23.6. The van der Waals surface area contributed by atoms with Gasteiger partial charge in [-0.1, -0.05) is 13.8 Å². The topological polar surface area (TPSA) is 84.9 Å². The third-order valence-corrected chi connectivity index (χ3v) is 3.85. The van der Waals surface area contributed by atoms with E-state index in [2.05, 4.69) is 5.32 Å². The minimum absolute atomic E-state index is 0.0446. The number of hydrogen-bond acceptors (Lipinski definition) is 4. The van der Waals surface area contributed by atoms with Gasteiger partial charge in [-0.2, -0.15) is 0 Å². The van der Waals surface area contributed by atoms with Crippen LogP contribution in [0.3, 0.4) is 0 Å². The number of ether oxygens (including phenoxy) is 2. The highest BCUT2D eigenvalue weighted by atomic mass is 16.5. The van der Waals surface area contributed by atoms with Gasteiger partial charge < -0.3 is 19.9 Å². The molecule has 2 N–H and O–H groups in total. The summed E-state index contributed by atoms with van der Waals surface area (Å²) in [6.45, 7) is 5.46. The molecule has 0 aliphatic heterocycles. The van der Waals surface area contributed by atoms with E-state index in [1.165, 1.54) is 14.2 Å². The van der Waals surface area contributed by atoms with Crippen LogP contribution in [0.4, 0.5) is 0 Å². The summed E-state index contributed by atoms with van der Waals surface area (Å²) >= 11 is 0. The number of amides is 1. The predicted molar refractivity (Wildman–Crippen MR) is 82.5 cm³/mol. The first-order valence-electron chi connectivity index (χ1n) is 7.00. The fourth-order valence-corrected chi connectivity index (χ4v) is 2.02. The molecule has 1 unspecified atom stereocenters. The van der Waals surface area contributed by atoms with Crippen molar-refractivity contribution in [2.24, 2.45) is 5.92 Å². The number of rotatable bonds is 7. The quantitative estimate of drug-likeness (QED) is 0.807. The molecule has 0 spiro atoms. The molecule has 22 heavy (non-hydrogen) atoms. The number of carbonyl (C=O) groups is 2. The lowest BCUT2D eigenvalue weighted by Gasteiger charge is -2.33. The molecule has 0 heterocycles. The number of nitrogens with one attached hydrogen (secondary N) is 1. The van der Waals surface area contributed by atoms with Gasteiger partial charge in [0.2, 0.25) is 0 Å². The van der Waals surface area contributed by atoms with E-state index in [1.807, 2.05) is 13.8 Å². The Hall–Kier alpha value is -2.24. The second-order valence-corrected chi connectivity index (χ2v) is 5.66.